The van der Waals surface area contributed by atoms with Gasteiger partial charge in [-0.15, -0.1) is 0 Å². The molecular formula is C21H18FN5O2. The van der Waals surface area contributed by atoms with Gasteiger partial charge in [-0.25, -0.2) is 9.97 Å². The van der Waals surface area contributed by atoms with Gasteiger partial charge < -0.3 is 20.7 Å². The van der Waals surface area contributed by atoms with E-state index in [0.29, 0.717) is 40.8 Å². The lowest BCUT2D eigenvalue weighted by atomic mass is 10.1. The van der Waals surface area contributed by atoms with Gasteiger partial charge in [0.25, 0.3) is 0 Å². The van der Waals surface area contributed by atoms with Crippen LogP contribution in [0.3, 0.4) is 0 Å². The van der Waals surface area contributed by atoms with Gasteiger partial charge in [-0.1, -0.05) is 23.4 Å². The summed E-state index contributed by atoms with van der Waals surface area (Å²) < 4.78 is 24.1. The fraction of sp³-hybridized carbons (Fsp3) is 0.0952. The Morgan fingerprint density at radius 3 is 2.52 bits per heavy atom. The number of ether oxygens (including phenoxy) is 1. The Kier molecular flexibility index (Phi) is 5.07. The van der Waals surface area contributed by atoms with E-state index >= 15 is 0 Å². The maximum absolute atomic E-state index is 13.1. The molecular weight excluding hydrogens is 373 g/mol. The van der Waals surface area contributed by atoms with Gasteiger partial charge >= 0.3 is 0 Å². The standard InChI is InChI=1S/C21H18FN5O2/c22-19-3-1-2-14(25-19)12-28-16-6-4-13(5-7-16)10-15-11-18(29-27-15)17-8-9-20(23)26-21(17)24/h1-9,11H,10,12H2,(H4,23,24,26). The number of nitrogens with zero attached hydrogens (tertiary/aromatic N) is 3. The van der Waals surface area contributed by atoms with Crippen molar-refractivity contribution in [3.05, 3.63) is 83.6 Å². The van der Waals surface area contributed by atoms with Gasteiger partial charge in [0, 0.05) is 12.5 Å². The molecule has 0 radical (unpaired) electrons. The smallest absolute Gasteiger partial charge is 0.213 e. The van der Waals surface area contributed by atoms with E-state index in [1.54, 1.807) is 24.3 Å². The van der Waals surface area contributed by atoms with Crippen molar-refractivity contribution in [3.8, 4) is 17.1 Å². The predicted molar refractivity (Wildman–Crippen MR) is 106 cm³/mol. The van der Waals surface area contributed by atoms with Crippen LogP contribution in [0.5, 0.6) is 5.75 Å². The lowest BCUT2D eigenvalue weighted by Crippen LogP contribution is -1.99. The molecule has 0 aliphatic carbocycles. The van der Waals surface area contributed by atoms with Crippen LogP contribution in [0.2, 0.25) is 0 Å². The second-order valence-corrected chi connectivity index (χ2v) is 6.41. The molecule has 0 fully saturated rings. The average molecular weight is 391 g/mol. The molecule has 3 aromatic heterocycles. The SMILES string of the molecule is Nc1ccc(-c2cc(Cc3ccc(OCc4cccc(F)n4)cc3)no2)c(N)n1. The minimum atomic E-state index is -0.523. The van der Waals surface area contributed by atoms with Crippen LogP contribution in [0.15, 0.2) is 65.2 Å². The molecule has 4 aromatic rings. The van der Waals surface area contributed by atoms with Gasteiger partial charge in [0.1, 0.15) is 24.0 Å². The third kappa shape index (κ3) is 4.49. The molecule has 0 aliphatic rings. The lowest BCUT2D eigenvalue weighted by Gasteiger charge is -2.06. The molecule has 29 heavy (non-hydrogen) atoms. The molecule has 1 aromatic carbocycles. The maximum atomic E-state index is 13.1. The van der Waals surface area contributed by atoms with E-state index in [-0.39, 0.29) is 6.61 Å². The highest BCUT2D eigenvalue weighted by Gasteiger charge is 2.11. The van der Waals surface area contributed by atoms with Crippen LogP contribution in [0.25, 0.3) is 11.3 Å². The number of hydrogen-bond acceptors (Lipinski definition) is 7. The second-order valence-electron chi connectivity index (χ2n) is 6.41. The molecule has 146 valence electrons. The van der Waals surface area contributed by atoms with E-state index in [2.05, 4.69) is 15.1 Å². The van der Waals surface area contributed by atoms with E-state index in [4.69, 9.17) is 20.7 Å². The van der Waals surface area contributed by atoms with Crippen LogP contribution >= 0.6 is 0 Å². The first kappa shape index (κ1) is 18.4. The van der Waals surface area contributed by atoms with Crippen molar-refractivity contribution < 1.29 is 13.7 Å². The predicted octanol–water partition coefficient (Wildman–Crippen LogP) is 3.60. The van der Waals surface area contributed by atoms with Crippen LogP contribution < -0.4 is 16.2 Å². The summed E-state index contributed by atoms with van der Waals surface area (Å²) in [5, 5.41) is 4.09. The molecule has 7 nitrogen and oxygen atoms in total. The molecule has 0 saturated heterocycles. The molecule has 0 spiro atoms. The van der Waals surface area contributed by atoms with Gasteiger partial charge in [0.2, 0.25) is 5.95 Å². The highest BCUT2D eigenvalue weighted by atomic mass is 19.1. The molecule has 0 amide bonds. The van der Waals surface area contributed by atoms with Crippen molar-refractivity contribution in [1.82, 2.24) is 15.1 Å². The Morgan fingerprint density at radius 1 is 0.931 bits per heavy atom. The van der Waals surface area contributed by atoms with E-state index in [1.807, 2.05) is 30.3 Å². The Balaban J connectivity index is 1.39. The third-order valence-electron chi connectivity index (χ3n) is 4.24. The number of nitrogen functional groups attached to an aromatic ring is 2. The maximum Gasteiger partial charge on any atom is 0.213 e. The summed E-state index contributed by atoms with van der Waals surface area (Å²) in [6.45, 7) is 0.195. The van der Waals surface area contributed by atoms with Gasteiger partial charge in [-0.2, -0.15) is 4.39 Å². The Morgan fingerprint density at radius 2 is 1.76 bits per heavy atom. The van der Waals surface area contributed by atoms with Crippen molar-refractivity contribution >= 4 is 11.6 Å². The first-order chi connectivity index (χ1) is 14.1. The van der Waals surface area contributed by atoms with Crippen molar-refractivity contribution in [3.63, 3.8) is 0 Å². The molecule has 8 heteroatoms. The molecule has 3 heterocycles. The number of halogens is 1. The molecule has 0 atom stereocenters. The van der Waals surface area contributed by atoms with Gasteiger partial charge in [-0.05, 0) is 42.0 Å². The average Bonchev–Trinajstić information content (AvgIpc) is 3.16. The zero-order chi connectivity index (χ0) is 20.2. The number of nitrogens with two attached hydrogens (primary N) is 2. The van der Waals surface area contributed by atoms with E-state index in [1.165, 1.54) is 6.07 Å². The fourth-order valence-electron chi connectivity index (χ4n) is 2.82. The van der Waals surface area contributed by atoms with Crippen LogP contribution in [0.1, 0.15) is 17.0 Å². The topological polar surface area (TPSA) is 113 Å². The summed E-state index contributed by atoms with van der Waals surface area (Å²) in [5.74, 6) is 1.32. The van der Waals surface area contributed by atoms with Crippen molar-refractivity contribution in [1.29, 1.82) is 0 Å². The number of rotatable bonds is 6. The molecule has 4 N–H and O–H groups in total. The van der Waals surface area contributed by atoms with Gasteiger partial charge in [0.15, 0.2) is 5.76 Å². The van der Waals surface area contributed by atoms with Crippen molar-refractivity contribution in [2.24, 2.45) is 0 Å². The quantitative estimate of drug-likeness (QED) is 0.483. The monoisotopic (exact) mass is 391 g/mol. The zero-order valence-corrected chi connectivity index (χ0v) is 15.4. The molecule has 4 rings (SSSR count). The van der Waals surface area contributed by atoms with E-state index in [0.717, 1.165) is 11.3 Å². The summed E-state index contributed by atoms with van der Waals surface area (Å²) >= 11 is 0. The Bertz CT molecular complexity index is 1130. The fourth-order valence-corrected chi connectivity index (χ4v) is 2.82. The minimum absolute atomic E-state index is 0.195. The van der Waals surface area contributed by atoms with Crippen LogP contribution in [0.4, 0.5) is 16.0 Å². The molecule has 0 saturated carbocycles. The molecule has 0 unspecified atom stereocenters. The summed E-state index contributed by atoms with van der Waals surface area (Å²) in [6, 6.07) is 17.4. The normalized spacial score (nSPS) is 10.8. The lowest BCUT2D eigenvalue weighted by molar-refractivity contribution is 0.299. The minimum Gasteiger partial charge on any atom is -0.487 e. The summed E-state index contributed by atoms with van der Waals surface area (Å²) in [4.78, 5) is 7.79. The highest BCUT2D eigenvalue weighted by Crippen LogP contribution is 2.27. The van der Waals surface area contributed by atoms with Gasteiger partial charge in [0.05, 0.1) is 17.0 Å². The van der Waals surface area contributed by atoms with E-state index < -0.39 is 5.95 Å². The van der Waals surface area contributed by atoms with Gasteiger partial charge in [-0.3, -0.25) is 0 Å². The summed E-state index contributed by atoms with van der Waals surface area (Å²) in [5.41, 5.74) is 14.5. The highest BCUT2D eigenvalue weighted by molar-refractivity contribution is 5.71. The summed E-state index contributed by atoms with van der Waals surface area (Å²) in [6.07, 6.45) is 0.581. The molecule has 0 bridgehead atoms. The number of hydrogen-bond donors (Lipinski definition) is 2. The zero-order valence-electron chi connectivity index (χ0n) is 15.4. The third-order valence-corrected chi connectivity index (χ3v) is 4.24. The number of benzene rings is 1. The number of anilines is 2. The number of aromatic nitrogens is 3. The largest absolute Gasteiger partial charge is 0.487 e. The number of pyridine rings is 2. The first-order valence-electron chi connectivity index (χ1n) is 8.88. The Hall–Kier alpha value is -3.94. The van der Waals surface area contributed by atoms with Crippen LogP contribution in [-0.4, -0.2) is 15.1 Å². The van der Waals surface area contributed by atoms with Crippen molar-refractivity contribution in [2.45, 2.75) is 13.0 Å². The molecule has 0 aliphatic heterocycles. The second kappa shape index (κ2) is 7.97. The Labute approximate surface area is 166 Å². The van der Waals surface area contributed by atoms with Crippen LogP contribution in [0, 0.1) is 5.95 Å². The summed E-state index contributed by atoms with van der Waals surface area (Å²) in [7, 11) is 0. The van der Waals surface area contributed by atoms with Crippen molar-refractivity contribution in [2.75, 3.05) is 11.5 Å². The van der Waals surface area contributed by atoms with E-state index in [9.17, 15) is 4.39 Å². The van der Waals surface area contributed by atoms with Crippen LogP contribution in [-0.2, 0) is 13.0 Å². The first-order valence-corrected chi connectivity index (χ1v) is 8.88.